The van der Waals surface area contributed by atoms with E-state index in [2.05, 4.69) is 24.2 Å². The maximum atomic E-state index is 5.42. The van der Waals surface area contributed by atoms with Crippen LogP contribution in [0.3, 0.4) is 0 Å². The standard InChI is InChI=1S/C15H30N2O/c1-13-3-5-14(6-4-13)16-9-10-17(2)15-7-11-18-12-8-15/h13-16H,3-12H2,1-2H3. The molecule has 0 aromatic carbocycles. The van der Waals surface area contributed by atoms with Crippen molar-refractivity contribution in [1.29, 1.82) is 0 Å². The zero-order valence-corrected chi connectivity index (χ0v) is 12.2. The predicted molar refractivity (Wildman–Crippen MR) is 75.9 cm³/mol. The molecule has 18 heavy (non-hydrogen) atoms. The van der Waals surface area contributed by atoms with Crippen LogP contribution in [0.15, 0.2) is 0 Å². The van der Waals surface area contributed by atoms with Gasteiger partial charge in [0.2, 0.25) is 0 Å². The van der Waals surface area contributed by atoms with Crippen LogP contribution in [-0.2, 0) is 4.74 Å². The highest BCUT2D eigenvalue weighted by Crippen LogP contribution is 2.23. The molecule has 1 aliphatic heterocycles. The lowest BCUT2D eigenvalue weighted by Gasteiger charge is -2.32. The van der Waals surface area contributed by atoms with Gasteiger partial charge in [0, 0.05) is 38.4 Å². The van der Waals surface area contributed by atoms with Crippen LogP contribution in [0, 0.1) is 5.92 Å². The topological polar surface area (TPSA) is 24.5 Å². The Hall–Kier alpha value is -0.120. The highest BCUT2D eigenvalue weighted by atomic mass is 16.5. The van der Waals surface area contributed by atoms with E-state index >= 15 is 0 Å². The van der Waals surface area contributed by atoms with Crippen LogP contribution >= 0.6 is 0 Å². The second-order valence-electron chi connectivity index (χ2n) is 6.24. The third-order valence-electron chi connectivity index (χ3n) is 4.73. The molecule has 3 heteroatoms. The summed E-state index contributed by atoms with van der Waals surface area (Å²) in [4.78, 5) is 2.51. The van der Waals surface area contributed by atoms with E-state index in [1.807, 2.05) is 0 Å². The van der Waals surface area contributed by atoms with Crippen molar-refractivity contribution in [2.75, 3.05) is 33.4 Å². The van der Waals surface area contributed by atoms with Gasteiger partial charge in [0.15, 0.2) is 0 Å². The largest absolute Gasteiger partial charge is 0.381 e. The SMILES string of the molecule is CC1CCC(NCCN(C)C2CCOCC2)CC1. The predicted octanol–water partition coefficient (Wildman–Crippen LogP) is 2.27. The van der Waals surface area contributed by atoms with Gasteiger partial charge in [-0.1, -0.05) is 6.92 Å². The molecule has 1 saturated carbocycles. The molecule has 0 amide bonds. The first-order chi connectivity index (χ1) is 8.75. The summed E-state index contributed by atoms with van der Waals surface area (Å²) in [6.45, 7) is 6.60. The molecule has 0 radical (unpaired) electrons. The lowest BCUT2D eigenvalue weighted by atomic mass is 9.87. The number of rotatable bonds is 5. The van der Waals surface area contributed by atoms with Crippen molar-refractivity contribution in [3.63, 3.8) is 0 Å². The van der Waals surface area contributed by atoms with E-state index in [9.17, 15) is 0 Å². The molecular weight excluding hydrogens is 224 g/mol. The van der Waals surface area contributed by atoms with Crippen LogP contribution in [-0.4, -0.2) is 50.3 Å². The number of nitrogens with one attached hydrogen (secondary N) is 1. The molecule has 0 aromatic heterocycles. The fourth-order valence-corrected chi connectivity index (χ4v) is 3.22. The van der Waals surface area contributed by atoms with Crippen LogP contribution in [0.25, 0.3) is 0 Å². The van der Waals surface area contributed by atoms with Gasteiger partial charge in [-0.25, -0.2) is 0 Å². The monoisotopic (exact) mass is 254 g/mol. The molecule has 1 heterocycles. The van der Waals surface area contributed by atoms with Gasteiger partial charge < -0.3 is 15.0 Å². The molecule has 106 valence electrons. The van der Waals surface area contributed by atoms with E-state index in [-0.39, 0.29) is 0 Å². The van der Waals surface area contributed by atoms with Crippen LogP contribution in [0.2, 0.25) is 0 Å². The van der Waals surface area contributed by atoms with Gasteiger partial charge in [-0.05, 0) is 51.5 Å². The average Bonchev–Trinajstić information content (AvgIpc) is 2.42. The van der Waals surface area contributed by atoms with Gasteiger partial charge in [-0.3, -0.25) is 0 Å². The number of hydrogen-bond acceptors (Lipinski definition) is 3. The Morgan fingerprint density at radius 1 is 1.06 bits per heavy atom. The first kappa shape index (κ1) is 14.3. The van der Waals surface area contributed by atoms with Gasteiger partial charge in [-0.2, -0.15) is 0 Å². The lowest BCUT2D eigenvalue weighted by Crippen LogP contribution is -2.42. The maximum Gasteiger partial charge on any atom is 0.0480 e. The van der Waals surface area contributed by atoms with Crippen LogP contribution in [0.5, 0.6) is 0 Å². The van der Waals surface area contributed by atoms with Crippen LogP contribution in [0.1, 0.15) is 45.4 Å². The molecule has 3 nitrogen and oxygen atoms in total. The highest BCUT2D eigenvalue weighted by molar-refractivity contribution is 4.77. The molecule has 2 rings (SSSR count). The zero-order chi connectivity index (χ0) is 12.8. The molecule has 1 aliphatic carbocycles. The summed E-state index contributed by atoms with van der Waals surface area (Å²) >= 11 is 0. The third kappa shape index (κ3) is 4.52. The second-order valence-corrected chi connectivity index (χ2v) is 6.24. The Balaban J connectivity index is 1.56. The average molecular weight is 254 g/mol. The first-order valence-electron chi connectivity index (χ1n) is 7.77. The summed E-state index contributed by atoms with van der Waals surface area (Å²) in [7, 11) is 2.26. The number of hydrogen-bond donors (Lipinski definition) is 1. The van der Waals surface area contributed by atoms with Crippen LogP contribution in [0.4, 0.5) is 0 Å². The van der Waals surface area contributed by atoms with E-state index in [0.29, 0.717) is 0 Å². The summed E-state index contributed by atoms with van der Waals surface area (Å²) in [6, 6.07) is 1.52. The molecule has 2 fully saturated rings. The van der Waals surface area contributed by atoms with Crippen molar-refractivity contribution >= 4 is 0 Å². The summed E-state index contributed by atoms with van der Waals surface area (Å²) in [6.07, 6.45) is 7.99. The fourth-order valence-electron chi connectivity index (χ4n) is 3.22. The smallest absolute Gasteiger partial charge is 0.0480 e. The Morgan fingerprint density at radius 2 is 1.72 bits per heavy atom. The minimum absolute atomic E-state index is 0.743. The molecular formula is C15H30N2O. The zero-order valence-electron chi connectivity index (χ0n) is 12.2. The van der Waals surface area contributed by atoms with Gasteiger partial charge in [0.1, 0.15) is 0 Å². The minimum atomic E-state index is 0.743. The van der Waals surface area contributed by atoms with E-state index in [1.54, 1.807) is 0 Å². The molecule has 0 aromatic rings. The summed E-state index contributed by atoms with van der Waals surface area (Å²) < 4.78 is 5.42. The normalized spacial score (nSPS) is 30.8. The Morgan fingerprint density at radius 3 is 2.39 bits per heavy atom. The number of nitrogens with zero attached hydrogens (tertiary/aromatic N) is 1. The fraction of sp³-hybridized carbons (Fsp3) is 1.00. The molecule has 2 aliphatic rings. The maximum absolute atomic E-state index is 5.42. The lowest BCUT2D eigenvalue weighted by molar-refractivity contribution is 0.0430. The number of ether oxygens (including phenoxy) is 1. The Labute approximate surface area is 112 Å². The highest BCUT2D eigenvalue weighted by Gasteiger charge is 2.20. The van der Waals surface area contributed by atoms with Crippen molar-refractivity contribution < 1.29 is 4.74 Å². The molecule has 0 atom stereocenters. The van der Waals surface area contributed by atoms with E-state index in [4.69, 9.17) is 4.74 Å². The Bertz CT molecular complexity index is 221. The van der Waals surface area contributed by atoms with E-state index in [1.165, 1.54) is 45.1 Å². The third-order valence-corrected chi connectivity index (χ3v) is 4.73. The summed E-state index contributed by atoms with van der Waals surface area (Å²) in [5.41, 5.74) is 0. The minimum Gasteiger partial charge on any atom is -0.381 e. The number of likely N-dealkylation sites (N-methyl/N-ethyl adjacent to an activating group) is 1. The molecule has 0 spiro atoms. The summed E-state index contributed by atoms with van der Waals surface area (Å²) in [5.74, 6) is 0.952. The Kier molecular flexibility index (Phi) is 5.93. The van der Waals surface area contributed by atoms with Gasteiger partial charge >= 0.3 is 0 Å². The molecule has 0 unspecified atom stereocenters. The molecule has 0 bridgehead atoms. The van der Waals surface area contributed by atoms with Crippen molar-refractivity contribution in [3.8, 4) is 0 Å². The van der Waals surface area contributed by atoms with Crippen molar-refractivity contribution in [2.45, 2.75) is 57.5 Å². The summed E-state index contributed by atoms with van der Waals surface area (Å²) in [5, 5.41) is 3.74. The quantitative estimate of drug-likeness (QED) is 0.814. The second kappa shape index (κ2) is 7.46. The first-order valence-corrected chi connectivity index (χ1v) is 7.77. The van der Waals surface area contributed by atoms with Gasteiger partial charge in [0.25, 0.3) is 0 Å². The van der Waals surface area contributed by atoms with Gasteiger partial charge in [0.05, 0.1) is 0 Å². The van der Waals surface area contributed by atoms with Crippen LogP contribution < -0.4 is 5.32 Å². The van der Waals surface area contributed by atoms with Gasteiger partial charge in [-0.15, -0.1) is 0 Å². The van der Waals surface area contributed by atoms with Crippen molar-refractivity contribution in [3.05, 3.63) is 0 Å². The van der Waals surface area contributed by atoms with Crippen molar-refractivity contribution in [1.82, 2.24) is 10.2 Å². The van der Waals surface area contributed by atoms with E-state index in [0.717, 1.165) is 37.8 Å². The van der Waals surface area contributed by atoms with E-state index < -0.39 is 0 Å². The van der Waals surface area contributed by atoms with Crippen molar-refractivity contribution in [2.24, 2.45) is 5.92 Å². The molecule has 1 saturated heterocycles. The molecule has 1 N–H and O–H groups in total.